The normalized spacial score (nSPS) is 10.6. The number of ether oxygens (including phenoxy) is 1. The van der Waals surface area contributed by atoms with Crippen LogP contribution < -0.4 is 9.30 Å². The second-order valence-corrected chi connectivity index (χ2v) is 4.65. The van der Waals surface area contributed by atoms with Gasteiger partial charge in [-0.25, -0.2) is 0 Å². The zero-order chi connectivity index (χ0) is 13.2. The quantitative estimate of drug-likeness (QED) is 0.635. The molecule has 3 rings (SSSR count). The van der Waals surface area contributed by atoms with Crippen molar-refractivity contribution in [3.8, 4) is 11.4 Å². The van der Waals surface area contributed by atoms with Gasteiger partial charge < -0.3 is 4.74 Å². The Morgan fingerprint density at radius 3 is 2.47 bits per heavy atom. The molecule has 0 bridgehead atoms. The maximum Gasteiger partial charge on any atom is 0.210 e. The van der Waals surface area contributed by atoms with Crippen LogP contribution in [0.2, 0.25) is 0 Å². The topological polar surface area (TPSA) is 13.1 Å². The molecule has 19 heavy (non-hydrogen) atoms. The lowest BCUT2D eigenvalue weighted by Crippen LogP contribution is -2.29. The second kappa shape index (κ2) is 4.73. The molecular weight excluding hydrogens is 234 g/mol. The van der Waals surface area contributed by atoms with Crippen LogP contribution >= 0.6 is 0 Å². The molecule has 0 N–H and O–H groups in total. The van der Waals surface area contributed by atoms with E-state index < -0.39 is 0 Å². The fourth-order valence-corrected chi connectivity index (χ4v) is 2.24. The van der Waals surface area contributed by atoms with E-state index in [4.69, 9.17) is 4.74 Å². The maximum absolute atomic E-state index is 5.42. The Hall–Kier alpha value is -2.35. The van der Waals surface area contributed by atoms with Gasteiger partial charge in [-0.1, -0.05) is 29.8 Å². The van der Waals surface area contributed by atoms with Crippen molar-refractivity contribution in [2.45, 2.75) is 6.92 Å². The first kappa shape index (κ1) is 11.7. The summed E-state index contributed by atoms with van der Waals surface area (Å²) in [5, 5.41) is 2.30. The molecule has 1 aromatic heterocycles. The van der Waals surface area contributed by atoms with E-state index in [2.05, 4.69) is 60.3 Å². The molecule has 0 atom stereocenters. The number of benzene rings is 2. The molecule has 0 aliphatic rings. The van der Waals surface area contributed by atoms with Crippen LogP contribution in [0.1, 0.15) is 5.56 Å². The van der Waals surface area contributed by atoms with E-state index in [9.17, 15) is 0 Å². The van der Waals surface area contributed by atoms with E-state index in [0.717, 1.165) is 16.8 Å². The SMILES string of the molecule is COc1cccc2cc[n+](-c3ccc(C)cc3)cc12. The predicted octanol–water partition coefficient (Wildman–Crippen LogP) is 3.43. The third-order valence-electron chi connectivity index (χ3n) is 3.33. The van der Waals surface area contributed by atoms with Gasteiger partial charge in [0.05, 0.1) is 12.5 Å². The van der Waals surface area contributed by atoms with Gasteiger partial charge in [-0.05, 0) is 18.4 Å². The van der Waals surface area contributed by atoms with Gasteiger partial charge in [0.2, 0.25) is 5.69 Å². The zero-order valence-corrected chi connectivity index (χ0v) is 11.1. The number of aromatic nitrogens is 1. The van der Waals surface area contributed by atoms with E-state index in [-0.39, 0.29) is 0 Å². The molecule has 2 nitrogen and oxygen atoms in total. The van der Waals surface area contributed by atoms with Crippen LogP contribution in [0.3, 0.4) is 0 Å². The first-order chi connectivity index (χ1) is 9.28. The van der Waals surface area contributed by atoms with Crippen LogP contribution in [0.15, 0.2) is 60.9 Å². The highest BCUT2D eigenvalue weighted by Gasteiger charge is 2.09. The summed E-state index contributed by atoms with van der Waals surface area (Å²) in [5.74, 6) is 0.902. The van der Waals surface area contributed by atoms with Crippen LogP contribution in [0.4, 0.5) is 0 Å². The Bertz CT molecular complexity index is 717. The monoisotopic (exact) mass is 250 g/mol. The first-order valence-electron chi connectivity index (χ1n) is 6.33. The lowest BCUT2D eigenvalue weighted by Gasteiger charge is -2.04. The highest BCUT2D eigenvalue weighted by molar-refractivity contribution is 5.86. The summed E-state index contributed by atoms with van der Waals surface area (Å²) in [5.41, 5.74) is 2.42. The van der Waals surface area contributed by atoms with E-state index in [1.165, 1.54) is 10.9 Å². The molecule has 94 valence electrons. The lowest BCUT2D eigenvalue weighted by atomic mass is 10.1. The zero-order valence-electron chi connectivity index (χ0n) is 11.1. The standard InChI is InChI=1S/C17H16NO/c1-13-6-8-15(9-7-13)18-11-10-14-4-3-5-17(19-2)16(14)12-18/h3-12H,1-2H3/q+1. The van der Waals surface area contributed by atoms with Gasteiger partial charge in [0.25, 0.3) is 0 Å². The molecule has 0 aliphatic carbocycles. The maximum atomic E-state index is 5.42. The van der Waals surface area contributed by atoms with Gasteiger partial charge in [-0.15, -0.1) is 0 Å². The molecule has 0 fully saturated rings. The Labute approximate surface area is 112 Å². The molecule has 3 aromatic rings. The molecular formula is C17H16NO+. The van der Waals surface area contributed by atoms with E-state index in [1.54, 1.807) is 7.11 Å². The number of methoxy groups -OCH3 is 1. The third kappa shape index (κ3) is 2.17. The molecule has 2 heteroatoms. The van der Waals surface area contributed by atoms with Crippen LogP contribution in [-0.2, 0) is 0 Å². The molecule has 0 spiro atoms. The van der Waals surface area contributed by atoms with E-state index >= 15 is 0 Å². The van der Waals surface area contributed by atoms with Gasteiger partial charge in [0.1, 0.15) is 5.75 Å². The van der Waals surface area contributed by atoms with Crippen LogP contribution in [0, 0.1) is 6.92 Å². The summed E-state index contributed by atoms with van der Waals surface area (Å²) in [4.78, 5) is 0. The van der Waals surface area contributed by atoms with Gasteiger partial charge in [-0.3, -0.25) is 0 Å². The van der Waals surface area contributed by atoms with Crippen molar-refractivity contribution in [2.75, 3.05) is 7.11 Å². The molecule has 0 unspecified atom stereocenters. The van der Waals surface area contributed by atoms with Crippen molar-refractivity contribution in [3.63, 3.8) is 0 Å². The Balaban J connectivity index is 2.18. The van der Waals surface area contributed by atoms with Crippen LogP contribution in [0.5, 0.6) is 5.75 Å². The molecule has 2 aromatic carbocycles. The summed E-state index contributed by atoms with van der Waals surface area (Å²) in [6, 6.07) is 16.7. The number of rotatable bonds is 2. The van der Waals surface area contributed by atoms with Crippen molar-refractivity contribution in [1.82, 2.24) is 0 Å². The molecule has 0 saturated carbocycles. The average molecular weight is 250 g/mol. The van der Waals surface area contributed by atoms with E-state index in [1.807, 2.05) is 12.1 Å². The molecule has 0 saturated heterocycles. The minimum absolute atomic E-state index is 0.902. The summed E-state index contributed by atoms with van der Waals surface area (Å²) < 4.78 is 7.54. The third-order valence-corrected chi connectivity index (χ3v) is 3.33. The summed E-state index contributed by atoms with van der Waals surface area (Å²) in [6.45, 7) is 2.10. The largest absolute Gasteiger partial charge is 0.496 e. The predicted molar refractivity (Wildman–Crippen MR) is 76.8 cm³/mol. The summed E-state index contributed by atoms with van der Waals surface area (Å²) >= 11 is 0. The first-order valence-corrected chi connectivity index (χ1v) is 6.33. The highest BCUT2D eigenvalue weighted by atomic mass is 16.5. The summed E-state index contributed by atoms with van der Waals surface area (Å²) in [7, 11) is 1.71. The number of hydrogen-bond acceptors (Lipinski definition) is 1. The fourth-order valence-electron chi connectivity index (χ4n) is 2.24. The van der Waals surface area contributed by atoms with Crippen molar-refractivity contribution in [2.24, 2.45) is 0 Å². The molecule has 1 heterocycles. The second-order valence-electron chi connectivity index (χ2n) is 4.65. The number of pyridine rings is 1. The lowest BCUT2D eigenvalue weighted by molar-refractivity contribution is -0.594. The average Bonchev–Trinajstić information content (AvgIpc) is 2.47. The number of fused-ring (bicyclic) bond motifs is 1. The van der Waals surface area contributed by atoms with Crippen molar-refractivity contribution in [3.05, 3.63) is 66.5 Å². The summed E-state index contributed by atoms with van der Waals surface area (Å²) in [6.07, 6.45) is 4.19. The van der Waals surface area contributed by atoms with Gasteiger partial charge in [0.15, 0.2) is 12.4 Å². The minimum atomic E-state index is 0.902. The van der Waals surface area contributed by atoms with E-state index in [0.29, 0.717) is 0 Å². The van der Waals surface area contributed by atoms with Gasteiger partial charge >= 0.3 is 0 Å². The Morgan fingerprint density at radius 1 is 0.947 bits per heavy atom. The Kier molecular flexibility index (Phi) is 2.92. The molecule has 0 radical (unpaired) electrons. The van der Waals surface area contributed by atoms with Crippen LogP contribution in [0.25, 0.3) is 16.5 Å². The highest BCUT2D eigenvalue weighted by Crippen LogP contribution is 2.23. The van der Waals surface area contributed by atoms with Crippen molar-refractivity contribution >= 4 is 10.8 Å². The Morgan fingerprint density at radius 2 is 1.74 bits per heavy atom. The van der Waals surface area contributed by atoms with Gasteiger partial charge in [0, 0.05) is 18.2 Å². The number of nitrogens with zero attached hydrogens (tertiary/aromatic N) is 1. The fraction of sp³-hybridized carbons (Fsp3) is 0.118. The molecule has 0 amide bonds. The number of aryl methyl sites for hydroxylation is 1. The van der Waals surface area contributed by atoms with Gasteiger partial charge in [-0.2, -0.15) is 4.57 Å². The molecule has 0 aliphatic heterocycles. The van der Waals surface area contributed by atoms with Crippen molar-refractivity contribution < 1.29 is 9.30 Å². The van der Waals surface area contributed by atoms with Crippen LogP contribution in [-0.4, -0.2) is 7.11 Å². The van der Waals surface area contributed by atoms with Crippen molar-refractivity contribution in [1.29, 1.82) is 0 Å². The number of hydrogen-bond donors (Lipinski definition) is 0. The smallest absolute Gasteiger partial charge is 0.210 e. The minimum Gasteiger partial charge on any atom is -0.496 e.